The molecule has 0 saturated heterocycles. The highest BCUT2D eigenvalue weighted by molar-refractivity contribution is 6.64. The normalized spacial score (nSPS) is 41.6. The Morgan fingerprint density at radius 3 is 1.18 bits per heavy atom. The third-order valence-corrected chi connectivity index (χ3v) is 4.13. The van der Waals surface area contributed by atoms with Gasteiger partial charge in [0, 0.05) is 5.50 Å². The summed E-state index contributed by atoms with van der Waals surface area (Å²) in [4.78, 5) is 0. The van der Waals surface area contributed by atoms with Gasteiger partial charge >= 0.3 is 0 Å². The van der Waals surface area contributed by atoms with Crippen LogP contribution >= 0.6 is 0 Å². The first-order valence-electron chi connectivity index (χ1n) is 4.98. The zero-order chi connectivity index (χ0) is 14.1. The van der Waals surface area contributed by atoms with E-state index in [0.29, 0.717) is 0 Å². The minimum atomic E-state index is -2.57. The Labute approximate surface area is 115 Å². The Morgan fingerprint density at radius 1 is 0.706 bits per heavy atom. The molecule has 1 aliphatic carbocycles. The van der Waals surface area contributed by atoms with E-state index in [9.17, 15) is 5.11 Å². The van der Waals surface area contributed by atoms with Gasteiger partial charge in [0.2, 0.25) is 0 Å². The van der Waals surface area contributed by atoms with Crippen LogP contribution < -0.4 is 0 Å². The van der Waals surface area contributed by atoms with Gasteiger partial charge in [0.25, 0.3) is 0 Å². The van der Waals surface area contributed by atoms with Crippen molar-refractivity contribution in [3.05, 3.63) is 0 Å². The Balaban J connectivity index is 3.56. The van der Waals surface area contributed by atoms with E-state index in [0.717, 1.165) is 0 Å². The summed E-state index contributed by atoms with van der Waals surface area (Å²) in [6, 6.07) is 0. The molecule has 0 unspecified atom stereocenters. The summed E-state index contributed by atoms with van der Waals surface area (Å²) in [6.07, 6.45) is 0. The van der Waals surface area contributed by atoms with Gasteiger partial charge in [-0.3, -0.25) is 0 Å². The van der Waals surface area contributed by atoms with Crippen molar-refractivity contribution in [1.82, 2.24) is 0 Å². The van der Waals surface area contributed by atoms with Crippen molar-refractivity contribution in [2.45, 2.75) is 33.3 Å². The lowest BCUT2D eigenvalue weighted by atomic mass is 9.05. The summed E-state index contributed by atoms with van der Waals surface area (Å²) in [5.74, 6) is -0.913. The minimum absolute atomic E-state index is 0.913. The molecule has 1 fully saturated rings. The summed E-state index contributed by atoms with van der Waals surface area (Å²) < 4.78 is 0. The van der Waals surface area contributed by atoms with Gasteiger partial charge in [-0.25, -0.2) is 0 Å². The van der Waals surface area contributed by atoms with Crippen LogP contribution in [0.2, 0.25) is 20.9 Å². The minimum Gasteiger partial charge on any atom is -0.402 e. The monoisotopic (exact) mass is 204 g/mol. The van der Waals surface area contributed by atoms with Crippen LogP contribution in [0, 0.1) is 5.92 Å². The lowest BCUT2D eigenvalue weighted by Crippen LogP contribution is -2.70. The molecular formula is C7H5B9O. The summed E-state index contributed by atoms with van der Waals surface area (Å²) in [6.45, 7) is 1.47. The Morgan fingerprint density at radius 2 is 0.941 bits per heavy atom. The molecule has 0 amide bonds. The van der Waals surface area contributed by atoms with Gasteiger partial charge in [-0.05, 0) is 0 Å². The molecule has 10 heteroatoms. The van der Waals surface area contributed by atoms with E-state index in [1.807, 2.05) is 0 Å². The van der Waals surface area contributed by atoms with Crippen molar-refractivity contribution in [3.63, 3.8) is 0 Å². The van der Waals surface area contributed by atoms with Gasteiger partial charge < -0.3 is 5.11 Å². The highest BCUT2D eigenvalue weighted by Crippen LogP contribution is 2.73. The quantitative estimate of drug-likeness (QED) is 0.424. The van der Waals surface area contributed by atoms with Gasteiger partial charge in [-0.2, -0.15) is 0 Å². The molecule has 17 heavy (non-hydrogen) atoms. The topological polar surface area (TPSA) is 20.2 Å². The van der Waals surface area contributed by atoms with Gasteiger partial charge in [0.05, 0.1) is 62.8 Å². The molecule has 18 radical (unpaired) electrons. The maximum atomic E-state index is 10.2. The van der Waals surface area contributed by atoms with Crippen LogP contribution in [0.15, 0.2) is 0 Å². The molecule has 1 nitrogen and oxygen atoms in total. The number of aliphatic hydroxyl groups is 1. The van der Waals surface area contributed by atoms with Crippen LogP contribution in [0.5, 0.6) is 0 Å². The molecule has 66 valence electrons. The molecule has 1 N–H and O–H groups in total. The van der Waals surface area contributed by atoms with E-state index < -0.39 is 32.3 Å². The number of hydrogen-bond acceptors (Lipinski definition) is 1. The van der Waals surface area contributed by atoms with Crippen molar-refractivity contribution in [2.24, 2.45) is 5.92 Å². The summed E-state index contributed by atoms with van der Waals surface area (Å²) in [5.41, 5.74) is -2.57. The van der Waals surface area contributed by atoms with Crippen LogP contribution in [0.4, 0.5) is 0 Å². The maximum Gasteiger partial charge on any atom is 0.110 e. The fourth-order valence-electron chi connectivity index (χ4n) is 2.11. The van der Waals surface area contributed by atoms with E-state index in [1.54, 1.807) is 0 Å². The molecule has 1 aliphatic rings. The number of hydrogen-bond donors (Lipinski definition) is 1. The second kappa shape index (κ2) is 3.55. The summed E-state index contributed by atoms with van der Waals surface area (Å²) >= 11 is 0. The van der Waals surface area contributed by atoms with Crippen molar-refractivity contribution in [2.75, 3.05) is 0 Å². The Bertz CT molecular complexity index is 304. The van der Waals surface area contributed by atoms with Gasteiger partial charge in [0.1, 0.15) is 7.85 Å². The predicted octanol–water partition coefficient (Wildman–Crippen LogP) is -2.69. The molecule has 1 saturated carbocycles. The molecular weight excluding hydrogens is 197 g/mol. The lowest BCUT2D eigenvalue weighted by molar-refractivity contribution is 0.0260. The highest BCUT2D eigenvalue weighted by Gasteiger charge is 2.65. The molecule has 0 aromatic carbocycles. The van der Waals surface area contributed by atoms with Crippen molar-refractivity contribution >= 4 is 70.6 Å². The third kappa shape index (κ3) is 1.49. The van der Waals surface area contributed by atoms with Crippen LogP contribution in [-0.2, 0) is 0 Å². The smallest absolute Gasteiger partial charge is 0.110 e. The molecule has 0 aromatic heterocycles. The van der Waals surface area contributed by atoms with Crippen LogP contribution in [0.1, 0.15) is 6.92 Å². The first-order chi connectivity index (χ1) is 7.15. The van der Waals surface area contributed by atoms with E-state index in [1.165, 1.54) is 6.92 Å². The zero-order valence-corrected chi connectivity index (χ0v) is 9.72. The first kappa shape index (κ1) is 15.6. The molecule has 0 aromatic rings. The molecule has 0 aliphatic heterocycles. The second-order valence-corrected chi connectivity index (χ2v) is 5.09. The Hall–Kier alpha value is 0.544. The molecule has 0 atom stereocenters. The van der Waals surface area contributed by atoms with Crippen molar-refractivity contribution < 1.29 is 5.11 Å². The second-order valence-electron chi connectivity index (χ2n) is 5.09. The predicted molar refractivity (Wildman–Crippen MR) is 76.7 cm³/mol. The lowest BCUT2D eigenvalue weighted by Gasteiger charge is -2.75. The van der Waals surface area contributed by atoms with Crippen LogP contribution in [-0.4, -0.2) is 81.2 Å². The van der Waals surface area contributed by atoms with E-state index in [-0.39, 0.29) is 0 Å². The molecule has 0 heterocycles. The van der Waals surface area contributed by atoms with Gasteiger partial charge in [-0.1, -0.05) is 23.3 Å². The summed E-state index contributed by atoms with van der Waals surface area (Å²) in [7, 11) is 51.5. The standard InChI is InChI=1S/C7H5B9O/c1-2-3(8,9)5(12,13)7(16,17)6(14,15)4(2,10)11/h2,17H,1H3. The fraction of sp³-hybridized carbons (Fsp3) is 1.00. The first-order valence-corrected chi connectivity index (χ1v) is 4.98. The van der Waals surface area contributed by atoms with Gasteiger partial charge in [-0.15, -0.1) is 10.4 Å². The Kier molecular flexibility index (Phi) is 3.26. The van der Waals surface area contributed by atoms with Crippen molar-refractivity contribution in [3.8, 4) is 0 Å². The highest BCUT2D eigenvalue weighted by atomic mass is 16.3. The van der Waals surface area contributed by atoms with Crippen molar-refractivity contribution in [1.29, 1.82) is 0 Å². The fourth-order valence-corrected chi connectivity index (χ4v) is 2.11. The average Bonchev–Trinajstić information content (AvgIpc) is 2.13. The third-order valence-electron chi connectivity index (χ3n) is 4.13. The molecule has 1 rings (SSSR count). The summed E-state index contributed by atoms with van der Waals surface area (Å²) in [5, 5.41) is 2.05. The van der Waals surface area contributed by atoms with Gasteiger partial charge in [0.15, 0.2) is 0 Å². The maximum absolute atomic E-state index is 10.2. The SMILES string of the molecule is [B]C1([B])C(C)C([B])([B])C([B])([B])C([B])(O)C1([B])[B]. The molecule has 0 bridgehead atoms. The molecule has 0 spiro atoms. The van der Waals surface area contributed by atoms with Crippen LogP contribution in [0.25, 0.3) is 0 Å². The van der Waals surface area contributed by atoms with E-state index >= 15 is 0 Å². The largest absolute Gasteiger partial charge is 0.402 e. The van der Waals surface area contributed by atoms with E-state index in [4.69, 9.17) is 70.6 Å². The van der Waals surface area contributed by atoms with Crippen LogP contribution in [0.3, 0.4) is 0 Å². The zero-order valence-electron chi connectivity index (χ0n) is 9.72. The van der Waals surface area contributed by atoms with E-state index in [2.05, 4.69) is 0 Å². The average molecular weight is 202 g/mol. The number of rotatable bonds is 0.